The van der Waals surface area contributed by atoms with Crippen LogP contribution in [0.25, 0.3) is 0 Å². The molecule has 7 heteroatoms. The number of nitrogens with one attached hydrogen (secondary N) is 1. The average Bonchev–Trinajstić information content (AvgIpc) is 2.84. The molecule has 0 fully saturated rings. The summed E-state index contributed by atoms with van der Waals surface area (Å²) < 4.78 is 32.6. The van der Waals surface area contributed by atoms with Crippen molar-refractivity contribution >= 4 is 21.6 Å². The second-order valence-corrected chi connectivity index (χ2v) is 12.2. The number of ether oxygens (including phenoxy) is 1. The summed E-state index contributed by atoms with van der Waals surface area (Å²) in [6, 6.07) is 20.9. The minimum Gasteiger partial charge on any atom is -0.492 e. The molecule has 3 aromatic rings. The van der Waals surface area contributed by atoms with Crippen LogP contribution in [-0.4, -0.2) is 33.7 Å². The number of sulfonamides is 1. The Hall–Kier alpha value is -3.32. The number of amides is 1. The van der Waals surface area contributed by atoms with E-state index in [9.17, 15) is 13.2 Å². The van der Waals surface area contributed by atoms with Gasteiger partial charge >= 0.3 is 0 Å². The highest BCUT2D eigenvalue weighted by molar-refractivity contribution is 7.92. The number of nitrogens with zero attached hydrogens (tertiary/aromatic N) is 1. The van der Waals surface area contributed by atoms with E-state index in [1.165, 1.54) is 16.1 Å². The minimum absolute atomic E-state index is 0.0874. The zero-order valence-electron chi connectivity index (χ0n) is 22.7. The maximum absolute atomic E-state index is 12.7. The lowest BCUT2D eigenvalue weighted by Crippen LogP contribution is -2.31. The van der Waals surface area contributed by atoms with Gasteiger partial charge in [0.25, 0.3) is 5.91 Å². The van der Waals surface area contributed by atoms with E-state index in [2.05, 4.69) is 38.2 Å². The van der Waals surface area contributed by atoms with Gasteiger partial charge in [0.2, 0.25) is 10.0 Å². The number of rotatable bonds is 10. The van der Waals surface area contributed by atoms with Gasteiger partial charge < -0.3 is 10.1 Å². The molecule has 0 saturated carbocycles. The van der Waals surface area contributed by atoms with Crippen molar-refractivity contribution in [1.82, 2.24) is 5.32 Å². The van der Waals surface area contributed by atoms with E-state index in [0.717, 1.165) is 34.5 Å². The Morgan fingerprint density at radius 1 is 0.973 bits per heavy atom. The molecule has 3 rings (SSSR count). The lowest BCUT2D eigenvalue weighted by molar-refractivity contribution is 0.0947. The second-order valence-electron chi connectivity index (χ2n) is 10.3. The highest BCUT2D eigenvalue weighted by Crippen LogP contribution is 2.29. The summed E-state index contributed by atoms with van der Waals surface area (Å²) in [7, 11) is -3.51. The van der Waals surface area contributed by atoms with Crippen LogP contribution >= 0.6 is 0 Å². The molecule has 0 aliphatic rings. The fraction of sp³-hybridized carbons (Fsp3) is 0.367. The van der Waals surface area contributed by atoms with Gasteiger partial charge in [-0.3, -0.25) is 9.10 Å². The number of aryl methyl sites for hydroxylation is 2. The predicted octanol–water partition coefficient (Wildman–Crippen LogP) is 5.63. The van der Waals surface area contributed by atoms with E-state index >= 15 is 0 Å². The fourth-order valence-corrected chi connectivity index (χ4v) is 5.11. The Balaban J connectivity index is 1.59. The summed E-state index contributed by atoms with van der Waals surface area (Å²) in [4.78, 5) is 12.6. The SMILES string of the molecule is CCc1cccc(C)c1N(Cc1ccc(C(=O)NCCOc2ccc(C(C)(C)C)cc2)cc1)S(C)(=O)=O. The molecule has 0 aliphatic carbocycles. The number of benzene rings is 3. The van der Waals surface area contributed by atoms with Gasteiger partial charge in [0.05, 0.1) is 25.0 Å². The van der Waals surface area contributed by atoms with E-state index in [-0.39, 0.29) is 17.9 Å². The van der Waals surface area contributed by atoms with E-state index in [4.69, 9.17) is 4.74 Å². The van der Waals surface area contributed by atoms with Crippen molar-refractivity contribution in [2.45, 2.75) is 53.0 Å². The molecule has 0 heterocycles. The number of hydrogen-bond donors (Lipinski definition) is 1. The molecule has 37 heavy (non-hydrogen) atoms. The smallest absolute Gasteiger partial charge is 0.251 e. The van der Waals surface area contributed by atoms with Gasteiger partial charge in [-0.15, -0.1) is 0 Å². The zero-order valence-corrected chi connectivity index (χ0v) is 23.5. The minimum atomic E-state index is -3.51. The highest BCUT2D eigenvalue weighted by atomic mass is 32.2. The van der Waals surface area contributed by atoms with Gasteiger partial charge in [0.15, 0.2) is 0 Å². The third-order valence-electron chi connectivity index (χ3n) is 6.27. The molecule has 3 aromatic carbocycles. The van der Waals surface area contributed by atoms with Crippen LogP contribution in [0.1, 0.15) is 60.3 Å². The van der Waals surface area contributed by atoms with Gasteiger partial charge in [0, 0.05) is 5.56 Å². The summed E-state index contributed by atoms with van der Waals surface area (Å²) in [5.74, 6) is 0.562. The summed E-state index contributed by atoms with van der Waals surface area (Å²) in [6.45, 7) is 11.4. The average molecular weight is 523 g/mol. The maximum atomic E-state index is 12.7. The zero-order chi connectivity index (χ0) is 27.2. The van der Waals surface area contributed by atoms with Crippen LogP contribution in [0.5, 0.6) is 5.75 Å². The van der Waals surface area contributed by atoms with Crippen LogP contribution in [0, 0.1) is 6.92 Å². The molecule has 6 nitrogen and oxygen atoms in total. The van der Waals surface area contributed by atoms with Gasteiger partial charge in [-0.2, -0.15) is 0 Å². The molecular weight excluding hydrogens is 484 g/mol. The Bertz CT molecular complexity index is 1310. The number of anilines is 1. The molecule has 1 N–H and O–H groups in total. The van der Waals surface area contributed by atoms with Crippen LogP contribution < -0.4 is 14.4 Å². The molecule has 0 unspecified atom stereocenters. The van der Waals surface area contributed by atoms with Crippen LogP contribution in [0.3, 0.4) is 0 Å². The number of hydrogen-bond acceptors (Lipinski definition) is 4. The van der Waals surface area contributed by atoms with Crippen molar-refractivity contribution in [2.75, 3.05) is 23.7 Å². The Morgan fingerprint density at radius 2 is 1.62 bits per heavy atom. The molecule has 0 spiro atoms. The first-order chi connectivity index (χ1) is 17.4. The Morgan fingerprint density at radius 3 is 2.19 bits per heavy atom. The molecule has 0 aliphatic heterocycles. The summed E-state index contributed by atoms with van der Waals surface area (Å²) in [5, 5.41) is 2.87. The first-order valence-electron chi connectivity index (χ1n) is 12.6. The molecule has 0 atom stereocenters. The van der Waals surface area contributed by atoms with Gasteiger partial charge in [-0.05, 0) is 65.3 Å². The van der Waals surface area contributed by atoms with Crippen molar-refractivity contribution < 1.29 is 17.9 Å². The fourth-order valence-electron chi connectivity index (χ4n) is 4.14. The third kappa shape index (κ3) is 7.59. The first kappa shape index (κ1) is 28.3. The topological polar surface area (TPSA) is 75.7 Å². The Labute approximate surface area is 221 Å². The summed E-state index contributed by atoms with van der Waals surface area (Å²) in [6.07, 6.45) is 1.95. The van der Waals surface area contributed by atoms with Crippen molar-refractivity contribution in [3.8, 4) is 5.75 Å². The predicted molar refractivity (Wildman–Crippen MR) is 151 cm³/mol. The molecular formula is C30H38N2O4S. The quantitative estimate of drug-likeness (QED) is 0.350. The highest BCUT2D eigenvalue weighted by Gasteiger charge is 2.22. The van der Waals surface area contributed by atoms with Crippen LogP contribution in [0.15, 0.2) is 66.7 Å². The largest absolute Gasteiger partial charge is 0.492 e. The van der Waals surface area contributed by atoms with E-state index < -0.39 is 10.0 Å². The molecule has 0 radical (unpaired) electrons. The lowest BCUT2D eigenvalue weighted by atomic mass is 9.87. The van der Waals surface area contributed by atoms with Crippen molar-refractivity contribution in [3.63, 3.8) is 0 Å². The molecule has 198 valence electrons. The van der Waals surface area contributed by atoms with Gasteiger partial charge in [0.1, 0.15) is 12.4 Å². The first-order valence-corrected chi connectivity index (χ1v) is 14.4. The second kappa shape index (κ2) is 11.8. The molecule has 0 saturated heterocycles. The normalized spacial score (nSPS) is 11.7. The standard InChI is InChI=1S/C30H38N2O4S/c1-7-24-10-8-9-22(2)28(24)32(37(6,34)35)21-23-11-13-25(14-12-23)29(33)31-19-20-36-27-17-15-26(16-18-27)30(3,4)5/h8-18H,7,19-21H2,1-6H3,(H,31,33). The molecule has 1 amide bonds. The Kier molecular flexibility index (Phi) is 9.02. The number of carbonyl (C=O) groups excluding carboxylic acids is 1. The van der Waals surface area contributed by atoms with Crippen molar-refractivity contribution in [1.29, 1.82) is 0 Å². The van der Waals surface area contributed by atoms with Crippen LogP contribution in [0.4, 0.5) is 5.69 Å². The molecule has 0 bridgehead atoms. The van der Waals surface area contributed by atoms with Gasteiger partial charge in [-0.1, -0.05) is 70.2 Å². The number of carbonyl (C=O) groups is 1. The van der Waals surface area contributed by atoms with E-state index in [1.54, 1.807) is 24.3 Å². The third-order valence-corrected chi connectivity index (χ3v) is 7.38. The van der Waals surface area contributed by atoms with Crippen LogP contribution in [-0.2, 0) is 28.4 Å². The van der Waals surface area contributed by atoms with E-state index in [0.29, 0.717) is 18.7 Å². The molecule has 0 aromatic heterocycles. The monoisotopic (exact) mass is 522 g/mol. The van der Waals surface area contributed by atoms with Gasteiger partial charge in [-0.25, -0.2) is 8.42 Å². The summed E-state index contributed by atoms with van der Waals surface area (Å²) >= 11 is 0. The van der Waals surface area contributed by atoms with Crippen molar-refractivity contribution in [3.05, 3.63) is 94.5 Å². The van der Waals surface area contributed by atoms with E-state index in [1.807, 2.05) is 44.2 Å². The maximum Gasteiger partial charge on any atom is 0.251 e. The lowest BCUT2D eigenvalue weighted by Gasteiger charge is -2.26. The van der Waals surface area contributed by atoms with Crippen LogP contribution in [0.2, 0.25) is 0 Å². The summed E-state index contributed by atoms with van der Waals surface area (Å²) in [5.41, 5.74) is 5.25. The number of para-hydroxylation sites is 1. The van der Waals surface area contributed by atoms with Crippen molar-refractivity contribution in [2.24, 2.45) is 0 Å².